The van der Waals surface area contributed by atoms with E-state index in [1.165, 1.54) is 0 Å². The average Bonchev–Trinajstić information content (AvgIpc) is 2.42. The highest BCUT2D eigenvalue weighted by Gasteiger charge is 2.10. The van der Waals surface area contributed by atoms with Gasteiger partial charge in [-0.25, -0.2) is 4.79 Å². The second-order valence-electron chi connectivity index (χ2n) is 4.62. The fraction of sp³-hybridized carbons (Fsp3) is 0.188. The number of benzene rings is 2. The van der Waals surface area contributed by atoms with Crippen molar-refractivity contribution < 1.29 is 14.6 Å². The first-order chi connectivity index (χ1) is 9.49. The van der Waals surface area contributed by atoms with Crippen molar-refractivity contribution in [3.8, 4) is 5.75 Å². The highest BCUT2D eigenvalue weighted by atomic mass is 79.9. The summed E-state index contributed by atoms with van der Waals surface area (Å²) in [5, 5.41) is 9.13. The number of hydrogen-bond donors (Lipinski definition) is 1. The maximum atomic E-state index is 11.1. The Morgan fingerprint density at radius 1 is 1.20 bits per heavy atom. The molecule has 0 saturated carbocycles. The van der Waals surface area contributed by atoms with Gasteiger partial charge in [0.05, 0.1) is 5.56 Å². The van der Waals surface area contributed by atoms with E-state index in [4.69, 9.17) is 9.84 Å². The van der Waals surface area contributed by atoms with E-state index in [0.29, 0.717) is 5.56 Å². The first kappa shape index (κ1) is 14.6. The van der Waals surface area contributed by atoms with E-state index in [1.54, 1.807) is 18.2 Å². The van der Waals surface area contributed by atoms with E-state index in [2.05, 4.69) is 15.9 Å². The Kier molecular flexibility index (Phi) is 4.45. The van der Waals surface area contributed by atoms with E-state index < -0.39 is 5.97 Å². The second kappa shape index (κ2) is 6.09. The van der Waals surface area contributed by atoms with Gasteiger partial charge in [-0.3, -0.25) is 0 Å². The second-order valence-corrected chi connectivity index (χ2v) is 5.42. The lowest BCUT2D eigenvalue weighted by Crippen LogP contribution is -2.05. The van der Waals surface area contributed by atoms with Gasteiger partial charge >= 0.3 is 5.97 Å². The summed E-state index contributed by atoms with van der Waals surface area (Å²) in [7, 11) is 0. The molecule has 0 radical (unpaired) electrons. The minimum absolute atomic E-state index is 0.239. The summed E-state index contributed by atoms with van der Waals surface area (Å²) in [6, 6.07) is 10.7. The molecule has 0 bridgehead atoms. The molecule has 0 unspecified atom stereocenters. The monoisotopic (exact) mass is 334 g/mol. The standard InChI is InChI=1S/C16H15BrO3/c1-10-7-13(8-11(2)15(10)17)20-9-12-5-3-4-6-14(12)16(18)19/h3-8H,9H2,1-2H3,(H,18,19). The summed E-state index contributed by atoms with van der Waals surface area (Å²) in [5.74, 6) is -0.198. The van der Waals surface area contributed by atoms with Crippen LogP contribution in [0.15, 0.2) is 40.9 Å². The Balaban J connectivity index is 2.19. The summed E-state index contributed by atoms with van der Waals surface area (Å²) >= 11 is 3.51. The average molecular weight is 335 g/mol. The topological polar surface area (TPSA) is 46.5 Å². The number of aromatic carboxylic acids is 1. The van der Waals surface area contributed by atoms with E-state index in [9.17, 15) is 4.79 Å². The van der Waals surface area contributed by atoms with E-state index in [-0.39, 0.29) is 12.2 Å². The molecule has 104 valence electrons. The van der Waals surface area contributed by atoms with Gasteiger partial charge in [0, 0.05) is 10.0 Å². The van der Waals surface area contributed by atoms with Crippen LogP contribution in [0.3, 0.4) is 0 Å². The van der Waals surface area contributed by atoms with Gasteiger partial charge in [-0.1, -0.05) is 34.1 Å². The molecule has 2 aromatic rings. The number of carboxylic acids is 1. The van der Waals surface area contributed by atoms with Crippen LogP contribution in [0.25, 0.3) is 0 Å². The molecule has 2 rings (SSSR count). The van der Waals surface area contributed by atoms with Crippen LogP contribution >= 0.6 is 15.9 Å². The normalized spacial score (nSPS) is 10.3. The summed E-state index contributed by atoms with van der Waals surface area (Å²) in [4.78, 5) is 11.1. The molecule has 4 heteroatoms. The highest BCUT2D eigenvalue weighted by Crippen LogP contribution is 2.27. The molecule has 0 fully saturated rings. The minimum Gasteiger partial charge on any atom is -0.489 e. The number of halogens is 1. The van der Waals surface area contributed by atoms with Crippen LogP contribution in [-0.2, 0) is 6.61 Å². The van der Waals surface area contributed by atoms with Crippen LogP contribution in [0.2, 0.25) is 0 Å². The summed E-state index contributed by atoms with van der Waals surface area (Å²) in [6.07, 6.45) is 0. The molecular formula is C16H15BrO3. The Morgan fingerprint density at radius 2 is 1.80 bits per heavy atom. The number of carbonyl (C=O) groups is 1. The zero-order chi connectivity index (χ0) is 14.7. The van der Waals surface area contributed by atoms with Gasteiger partial charge < -0.3 is 9.84 Å². The van der Waals surface area contributed by atoms with Gasteiger partial charge in [-0.2, -0.15) is 0 Å². The first-order valence-corrected chi connectivity index (χ1v) is 6.99. The van der Waals surface area contributed by atoms with Crippen LogP contribution in [-0.4, -0.2) is 11.1 Å². The lowest BCUT2D eigenvalue weighted by atomic mass is 10.1. The van der Waals surface area contributed by atoms with Crippen molar-refractivity contribution in [1.29, 1.82) is 0 Å². The number of ether oxygens (including phenoxy) is 1. The molecule has 0 aliphatic heterocycles. The molecule has 0 amide bonds. The predicted octanol–water partition coefficient (Wildman–Crippen LogP) is 4.34. The Bertz CT molecular complexity index is 627. The van der Waals surface area contributed by atoms with Crippen LogP contribution in [0.1, 0.15) is 27.0 Å². The predicted molar refractivity (Wildman–Crippen MR) is 81.3 cm³/mol. The van der Waals surface area contributed by atoms with Crippen LogP contribution < -0.4 is 4.74 Å². The van der Waals surface area contributed by atoms with E-state index in [1.807, 2.05) is 32.0 Å². The molecule has 3 nitrogen and oxygen atoms in total. The summed E-state index contributed by atoms with van der Waals surface area (Å²) in [5.41, 5.74) is 3.12. The summed E-state index contributed by atoms with van der Waals surface area (Å²) < 4.78 is 6.78. The Morgan fingerprint density at radius 3 is 2.40 bits per heavy atom. The third-order valence-corrected chi connectivity index (χ3v) is 4.30. The maximum Gasteiger partial charge on any atom is 0.336 e. The van der Waals surface area contributed by atoms with Gasteiger partial charge in [-0.15, -0.1) is 0 Å². The van der Waals surface area contributed by atoms with Crippen LogP contribution in [0, 0.1) is 13.8 Å². The number of rotatable bonds is 4. The highest BCUT2D eigenvalue weighted by molar-refractivity contribution is 9.10. The lowest BCUT2D eigenvalue weighted by Gasteiger charge is -2.11. The molecule has 0 spiro atoms. The molecule has 20 heavy (non-hydrogen) atoms. The maximum absolute atomic E-state index is 11.1. The number of aryl methyl sites for hydroxylation is 2. The molecular weight excluding hydrogens is 320 g/mol. The fourth-order valence-corrected chi connectivity index (χ4v) is 2.23. The Hall–Kier alpha value is -1.81. The minimum atomic E-state index is -0.938. The van der Waals surface area contributed by atoms with E-state index in [0.717, 1.165) is 21.3 Å². The molecule has 0 saturated heterocycles. The van der Waals surface area contributed by atoms with Gasteiger partial charge in [0.25, 0.3) is 0 Å². The Labute approximate surface area is 126 Å². The smallest absolute Gasteiger partial charge is 0.336 e. The van der Waals surface area contributed by atoms with Gasteiger partial charge in [0.1, 0.15) is 12.4 Å². The van der Waals surface area contributed by atoms with E-state index >= 15 is 0 Å². The third kappa shape index (κ3) is 3.20. The van der Waals surface area contributed by atoms with Crippen molar-refractivity contribution in [2.45, 2.75) is 20.5 Å². The molecule has 2 aromatic carbocycles. The van der Waals surface area contributed by atoms with Crippen molar-refractivity contribution in [3.63, 3.8) is 0 Å². The van der Waals surface area contributed by atoms with Crippen molar-refractivity contribution in [3.05, 3.63) is 63.1 Å². The van der Waals surface area contributed by atoms with Crippen molar-refractivity contribution in [2.75, 3.05) is 0 Å². The van der Waals surface area contributed by atoms with Gasteiger partial charge in [0.2, 0.25) is 0 Å². The first-order valence-electron chi connectivity index (χ1n) is 6.20. The zero-order valence-corrected chi connectivity index (χ0v) is 12.9. The third-order valence-electron chi connectivity index (χ3n) is 3.05. The van der Waals surface area contributed by atoms with Crippen molar-refractivity contribution in [2.24, 2.45) is 0 Å². The number of hydrogen-bond acceptors (Lipinski definition) is 2. The fourth-order valence-electron chi connectivity index (χ4n) is 2.01. The molecule has 0 aromatic heterocycles. The quantitative estimate of drug-likeness (QED) is 0.904. The molecule has 0 aliphatic carbocycles. The van der Waals surface area contributed by atoms with Gasteiger partial charge in [0.15, 0.2) is 0 Å². The van der Waals surface area contributed by atoms with Crippen molar-refractivity contribution in [1.82, 2.24) is 0 Å². The molecule has 1 N–H and O–H groups in total. The number of carboxylic acid groups (broad SMARTS) is 1. The van der Waals surface area contributed by atoms with Gasteiger partial charge in [-0.05, 0) is 43.2 Å². The molecule has 0 atom stereocenters. The largest absolute Gasteiger partial charge is 0.489 e. The molecule has 0 heterocycles. The summed E-state index contributed by atoms with van der Waals surface area (Å²) in [6.45, 7) is 4.23. The lowest BCUT2D eigenvalue weighted by molar-refractivity contribution is 0.0694. The molecule has 0 aliphatic rings. The van der Waals surface area contributed by atoms with Crippen LogP contribution in [0.4, 0.5) is 0 Å². The van der Waals surface area contributed by atoms with Crippen LogP contribution in [0.5, 0.6) is 5.75 Å². The zero-order valence-electron chi connectivity index (χ0n) is 11.3. The van der Waals surface area contributed by atoms with Crippen molar-refractivity contribution >= 4 is 21.9 Å². The SMILES string of the molecule is Cc1cc(OCc2ccccc2C(=O)O)cc(C)c1Br.